The molecule has 1 aliphatic heterocycles. The summed E-state index contributed by atoms with van der Waals surface area (Å²) in [7, 11) is -6.79. The van der Waals surface area contributed by atoms with E-state index in [9.17, 15) is 21.6 Å². The molecule has 1 heterocycles. The van der Waals surface area contributed by atoms with Crippen LogP contribution in [0.5, 0.6) is 5.75 Å². The molecule has 5 nitrogen and oxygen atoms in total. The summed E-state index contributed by atoms with van der Waals surface area (Å²) in [6, 6.07) is 3.86. The molecule has 1 aliphatic rings. The molecule has 0 N–H and O–H groups in total. The Morgan fingerprint density at radius 3 is 2.35 bits per heavy atom. The second kappa shape index (κ2) is 6.27. The third-order valence-electron chi connectivity index (χ3n) is 2.96. The minimum atomic E-state index is -5.77. The molecule has 1 aromatic carbocycles. The standard InChI is InChI=1S/C12H13BBrF3O5S/c1-11(2)6-20-13(21-7-11)9-5-8(14)3-4-10(9)22-23(18,19)12(15,16)17/h3-5H,6-7H2,1-2H3. The monoisotopic (exact) mass is 416 g/mol. The van der Waals surface area contributed by atoms with Crippen LogP contribution in [0.1, 0.15) is 13.8 Å². The molecule has 0 radical (unpaired) electrons. The van der Waals surface area contributed by atoms with E-state index in [1.165, 1.54) is 12.1 Å². The quantitative estimate of drug-likeness (QED) is 0.430. The Kier molecular flexibility index (Phi) is 5.06. The molecule has 11 heteroatoms. The summed E-state index contributed by atoms with van der Waals surface area (Å²) in [5.74, 6) is -0.491. The first-order valence-electron chi connectivity index (χ1n) is 6.45. The topological polar surface area (TPSA) is 61.8 Å². The molecule has 0 unspecified atom stereocenters. The predicted molar refractivity (Wildman–Crippen MR) is 80.8 cm³/mol. The molecule has 0 aliphatic carbocycles. The molecule has 2 rings (SSSR count). The van der Waals surface area contributed by atoms with Crippen LogP contribution in [0.25, 0.3) is 0 Å². The predicted octanol–water partition coefficient (Wildman–Crippen LogP) is 2.45. The number of halogens is 4. The molecular weight excluding hydrogens is 404 g/mol. The van der Waals surface area contributed by atoms with Crippen LogP contribution < -0.4 is 9.65 Å². The highest BCUT2D eigenvalue weighted by molar-refractivity contribution is 9.10. The maximum atomic E-state index is 12.5. The van der Waals surface area contributed by atoms with E-state index in [0.29, 0.717) is 17.7 Å². The van der Waals surface area contributed by atoms with Gasteiger partial charge in [-0.1, -0.05) is 29.8 Å². The van der Waals surface area contributed by atoms with Crippen LogP contribution >= 0.6 is 15.9 Å². The van der Waals surface area contributed by atoms with Crippen molar-refractivity contribution < 1.29 is 35.1 Å². The first-order chi connectivity index (χ1) is 10.4. The van der Waals surface area contributed by atoms with Gasteiger partial charge >= 0.3 is 22.7 Å². The van der Waals surface area contributed by atoms with Gasteiger partial charge in [-0.25, -0.2) is 0 Å². The number of hydrogen-bond donors (Lipinski definition) is 0. The Hall–Kier alpha value is -0.775. The molecule has 0 saturated carbocycles. The van der Waals surface area contributed by atoms with Crippen LogP contribution in [0.15, 0.2) is 22.7 Å². The molecule has 0 bridgehead atoms. The Morgan fingerprint density at radius 1 is 1.26 bits per heavy atom. The van der Waals surface area contributed by atoms with E-state index in [-0.39, 0.29) is 10.9 Å². The lowest BCUT2D eigenvalue weighted by Crippen LogP contribution is -2.48. The highest BCUT2D eigenvalue weighted by Crippen LogP contribution is 2.28. The van der Waals surface area contributed by atoms with Crippen LogP contribution in [-0.4, -0.2) is 34.3 Å². The van der Waals surface area contributed by atoms with Crippen molar-refractivity contribution in [1.82, 2.24) is 0 Å². The van der Waals surface area contributed by atoms with Gasteiger partial charge in [0.25, 0.3) is 0 Å². The van der Waals surface area contributed by atoms with Crippen molar-refractivity contribution in [2.75, 3.05) is 13.2 Å². The lowest BCUT2D eigenvalue weighted by molar-refractivity contribution is -0.0500. The first-order valence-corrected chi connectivity index (χ1v) is 8.65. The second-order valence-corrected chi connectivity index (χ2v) is 8.24. The van der Waals surface area contributed by atoms with E-state index in [2.05, 4.69) is 20.1 Å². The second-order valence-electron chi connectivity index (χ2n) is 5.78. The zero-order chi connectivity index (χ0) is 17.5. The average molecular weight is 417 g/mol. The van der Waals surface area contributed by atoms with Gasteiger partial charge in [-0.05, 0) is 18.2 Å². The molecule has 23 heavy (non-hydrogen) atoms. The summed E-state index contributed by atoms with van der Waals surface area (Å²) in [5.41, 5.74) is -5.71. The third-order valence-corrected chi connectivity index (χ3v) is 4.42. The van der Waals surface area contributed by atoms with Crippen LogP contribution in [0.2, 0.25) is 0 Å². The normalized spacial score (nSPS) is 18.8. The van der Waals surface area contributed by atoms with Crippen LogP contribution in [0.3, 0.4) is 0 Å². The van der Waals surface area contributed by atoms with Gasteiger partial charge in [0, 0.05) is 28.6 Å². The summed E-state index contributed by atoms with van der Waals surface area (Å²) in [6.45, 7) is 4.40. The molecule has 1 saturated heterocycles. The average Bonchev–Trinajstić information content (AvgIpc) is 2.39. The van der Waals surface area contributed by atoms with E-state index >= 15 is 0 Å². The van der Waals surface area contributed by atoms with Crippen molar-refractivity contribution in [3.63, 3.8) is 0 Å². The van der Waals surface area contributed by atoms with Gasteiger partial charge < -0.3 is 13.5 Å². The van der Waals surface area contributed by atoms with Crippen molar-refractivity contribution in [3.05, 3.63) is 22.7 Å². The fourth-order valence-electron chi connectivity index (χ4n) is 1.82. The Bertz CT molecular complexity index is 682. The Labute approximate surface area is 140 Å². The molecule has 128 valence electrons. The van der Waals surface area contributed by atoms with E-state index in [0.717, 1.165) is 6.07 Å². The molecule has 0 aromatic heterocycles. The van der Waals surface area contributed by atoms with Gasteiger partial charge in [-0.2, -0.15) is 21.6 Å². The molecular formula is C12H13BBrF3O5S. The summed E-state index contributed by atoms with van der Waals surface area (Å²) < 4.78 is 75.6. The number of hydrogen-bond acceptors (Lipinski definition) is 5. The lowest BCUT2D eigenvalue weighted by Gasteiger charge is -2.33. The summed E-state index contributed by atoms with van der Waals surface area (Å²) in [5, 5.41) is 0. The van der Waals surface area contributed by atoms with Gasteiger partial charge in [-0.15, -0.1) is 0 Å². The fourth-order valence-corrected chi connectivity index (χ4v) is 2.68. The minimum absolute atomic E-state index is 0.0581. The van der Waals surface area contributed by atoms with E-state index in [1.54, 1.807) is 0 Å². The lowest BCUT2D eigenvalue weighted by atomic mass is 9.75. The highest BCUT2D eigenvalue weighted by Gasteiger charge is 2.49. The van der Waals surface area contributed by atoms with Crippen molar-refractivity contribution in [2.24, 2.45) is 5.41 Å². The zero-order valence-corrected chi connectivity index (χ0v) is 14.6. The van der Waals surface area contributed by atoms with Crippen molar-refractivity contribution in [2.45, 2.75) is 19.4 Å². The van der Waals surface area contributed by atoms with Crippen LogP contribution in [0, 0.1) is 5.41 Å². The largest absolute Gasteiger partial charge is 0.534 e. The van der Waals surface area contributed by atoms with Crippen LogP contribution in [-0.2, 0) is 19.4 Å². The minimum Gasteiger partial charge on any atom is -0.407 e. The Balaban J connectivity index is 2.32. The maximum Gasteiger partial charge on any atom is 0.534 e. The first kappa shape index (κ1) is 18.6. The van der Waals surface area contributed by atoms with E-state index in [4.69, 9.17) is 9.31 Å². The number of benzene rings is 1. The molecule has 1 fully saturated rings. The molecule has 0 atom stereocenters. The summed E-state index contributed by atoms with van der Waals surface area (Å²) in [6.07, 6.45) is 0. The van der Waals surface area contributed by atoms with Gasteiger partial charge in [0.15, 0.2) is 0 Å². The Morgan fingerprint density at radius 2 is 1.83 bits per heavy atom. The maximum absolute atomic E-state index is 12.5. The highest BCUT2D eigenvalue weighted by atomic mass is 79.9. The smallest absolute Gasteiger partial charge is 0.407 e. The van der Waals surface area contributed by atoms with E-state index in [1.807, 2.05) is 13.8 Å². The van der Waals surface area contributed by atoms with Gasteiger partial charge in [0.1, 0.15) is 5.75 Å². The number of rotatable bonds is 3. The van der Waals surface area contributed by atoms with Crippen molar-refractivity contribution >= 4 is 38.6 Å². The van der Waals surface area contributed by atoms with Crippen LogP contribution in [0.4, 0.5) is 13.2 Å². The summed E-state index contributed by atoms with van der Waals surface area (Å²) >= 11 is 3.17. The number of alkyl halides is 3. The van der Waals surface area contributed by atoms with Gasteiger partial charge in [0.05, 0.1) is 0 Å². The van der Waals surface area contributed by atoms with Gasteiger partial charge in [0.2, 0.25) is 0 Å². The molecule has 0 spiro atoms. The SMILES string of the molecule is CC1(C)COB(c2cc(Br)ccc2OS(=O)(=O)C(F)(F)F)OC1. The zero-order valence-electron chi connectivity index (χ0n) is 12.2. The summed E-state index contributed by atoms with van der Waals surface area (Å²) in [4.78, 5) is 0. The van der Waals surface area contributed by atoms with Crippen molar-refractivity contribution in [1.29, 1.82) is 0 Å². The van der Waals surface area contributed by atoms with Gasteiger partial charge in [-0.3, -0.25) is 0 Å². The molecule has 1 aromatic rings. The van der Waals surface area contributed by atoms with E-state index < -0.39 is 28.5 Å². The molecule has 0 amide bonds. The third kappa shape index (κ3) is 4.40. The van der Waals surface area contributed by atoms with Crippen molar-refractivity contribution in [3.8, 4) is 5.75 Å². The fraction of sp³-hybridized carbons (Fsp3) is 0.500.